The molecule has 0 bridgehead atoms. The molecular weight excluding hydrogens is 256 g/mol. The van der Waals surface area contributed by atoms with E-state index in [0.717, 1.165) is 21.6 Å². The highest BCUT2D eigenvalue weighted by atomic mass is 32.1. The van der Waals surface area contributed by atoms with E-state index in [1.165, 1.54) is 32.1 Å². The number of carbonyl (C=O) groups excluding carboxylic acids is 1. The Bertz CT molecular complexity index is 447. The Morgan fingerprint density at radius 3 is 2.47 bits per heavy atom. The van der Waals surface area contributed by atoms with E-state index in [2.05, 4.69) is 23.9 Å². The third-order valence-corrected chi connectivity index (χ3v) is 5.70. The van der Waals surface area contributed by atoms with Gasteiger partial charge < -0.3 is 4.90 Å². The Kier molecular flexibility index (Phi) is 4.61. The van der Waals surface area contributed by atoms with Gasteiger partial charge in [0.2, 0.25) is 0 Å². The number of thiazole rings is 1. The van der Waals surface area contributed by atoms with Crippen molar-refractivity contribution in [3.63, 3.8) is 0 Å². The summed E-state index contributed by atoms with van der Waals surface area (Å²) >= 11 is 1.54. The molecule has 4 heteroatoms. The molecule has 1 aliphatic rings. The molecule has 1 fully saturated rings. The van der Waals surface area contributed by atoms with Crippen LogP contribution in [0.3, 0.4) is 0 Å². The monoisotopic (exact) mass is 280 g/mol. The molecule has 0 aliphatic heterocycles. The number of carbonyl (C=O) groups is 1. The van der Waals surface area contributed by atoms with E-state index in [0.29, 0.717) is 6.04 Å². The van der Waals surface area contributed by atoms with Crippen LogP contribution in [0.1, 0.15) is 61.3 Å². The topological polar surface area (TPSA) is 33.2 Å². The van der Waals surface area contributed by atoms with Gasteiger partial charge in [0.05, 0.1) is 10.6 Å². The van der Waals surface area contributed by atoms with Crippen LogP contribution in [0, 0.1) is 12.8 Å². The van der Waals surface area contributed by atoms with E-state index < -0.39 is 0 Å². The standard InChI is InChI=1S/C15H24N2OS/c1-5-12-6-8-13(9-7-12)17(4)15-16-10(2)14(19-15)11(3)18/h12-13H,5-9H2,1-4H3. The summed E-state index contributed by atoms with van der Waals surface area (Å²) in [4.78, 5) is 19.2. The number of aromatic nitrogens is 1. The van der Waals surface area contributed by atoms with Crippen molar-refractivity contribution in [3.8, 4) is 0 Å². The van der Waals surface area contributed by atoms with Crippen molar-refractivity contribution in [2.45, 2.75) is 58.9 Å². The molecule has 0 atom stereocenters. The summed E-state index contributed by atoms with van der Waals surface area (Å²) < 4.78 is 0. The molecule has 19 heavy (non-hydrogen) atoms. The van der Waals surface area contributed by atoms with Gasteiger partial charge in [-0.1, -0.05) is 24.7 Å². The summed E-state index contributed by atoms with van der Waals surface area (Å²) in [6.45, 7) is 5.84. The van der Waals surface area contributed by atoms with Gasteiger partial charge in [-0.15, -0.1) is 0 Å². The van der Waals surface area contributed by atoms with Crippen LogP contribution < -0.4 is 4.90 Å². The molecule has 1 saturated carbocycles. The molecule has 1 heterocycles. The second kappa shape index (κ2) is 6.04. The number of Topliss-reactive ketones (excluding diaryl/α,β-unsaturated/α-hetero) is 1. The third-order valence-electron chi connectivity index (χ3n) is 4.35. The predicted molar refractivity (Wildman–Crippen MR) is 81.3 cm³/mol. The number of ketones is 1. The maximum atomic E-state index is 11.5. The predicted octanol–water partition coefficient (Wildman–Crippen LogP) is 4.06. The van der Waals surface area contributed by atoms with Crippen molar-refractivity contribution in [2.24, 2.45) is 5.92 Å². The second-order valence-electron chi connectivity index (χ2n) is 5.66. The zero-order chi connectivity index (χ0) is 14.0. The molecule has 1 aliphatic carbocycles. The number of aryl methyl sites for hydroxylation is 1. The van der Waals surface area contributed by atoms with Gasteiger partial charge in [0.15, 0.2) is 10.9 Å². The van der Waals surface area contributed by atoms with E-state index in [1.54, 1.807) is 18.3 Å². The number of anilines is 1. The summed E-state index contributed by atoms with van der Waals surface area (Å²) in [7, 11) is 2.12. The zero-order valence-electron chi connectivity index (χ0n) is 12.4. The van der Waals surface area contributed by atoms with E-state index in [4.69, 9.17) is 0 Å². The fourth-order valence-corrected chi connectivity index (χ4v) is 3.95. The zero-order valence-corrected chi connectivity index (χ0v) is 13.2. The van der Waals surface area contributed by atoms with Crippen molar-refractivity contribution in [1.29, 1.82) is 0 Å². The first-order chi connectivity index (χ1) is 9.02. The molecule has 0 saturated heterocycles. The highest BCUT2D eigenvalue weighted by Gasteiger charge is 2.25. The Morgan fingerprint density at radius 1 is 1.37 bits per heavy atom. The lowest BCUT2D eigenvalue weighted by Crippen LogP contribution is -2.35. The summed E-state index contributed by atoms with van der Waals surface area (Å²) in [5, 5.41) is 1.00. The highest BCUT2D eigenvalue weighted by molar-refractivity contribution is 7.17. The van der Waals surface area contributed by atoms with Crippen LogP contribution in [0.4, 0.5) is 5.13 Å². The first kappa shape index (κ1) is 14.5. The summed E-state index contributed by atoms with van der Waals surface area (Å²) in [6.07, 6.45) is 6.47. The van der Waals surface area contributed by atoms with E-state index in [9.17, 15) is 4.79 Å². The van der Waals surface area contributed by atoms with Crippen LogP contribution in [-0.2, 0) is 0 Å². The van der Waals surface area contributed by atoms with Gasteiger partial charge >= 0.3 is 0 Å². The lowest BCUT2D eigenvalue weighted by atomic mass is 9.84. The smallest absolute Gasteiger partial charge is 0.186 e. The quantitative estimate of drug-likeness (QED) is 0.780. The molecule has 2 rings (SSSR count). The average molecular weight is 280 g/mol. The minimum absolute atomic E-state index is 0.129. The molecule has 0 amide bonds. The summed E-state index contributed by atoms with van der Waals surface area (Å²) in [5.41, 5.74) is 0.876. The normalized spacial score (nSPS) is 23.4. The molecular formula is C15H24N2OS. The van der Waals surface area contributed by atoms with E-state index >= 15 is 0 Å². The first-order valence-corrected chi connectivity index (χ1v) is 8.05. The lowest BCUT2D eigenvalue weighted by molar-refractivity contribution is 0.102. The van der Waals surface area contributed by atoms with Gasteiger partial charge in [-0.2, -0.15) is 0 Å². The fraction of sp³-hybridized carbons (Fsp3) is 0.733. The number of rotatable bonds is 4. The van der Waals surface area contributed by atoms with Crippen LogP contribution in [0.25, 0.3) is 0 Å². The van der Waals surface area contributed by atoms with Crippen LogP contribution in [0.5, 0.6) is 0 Å². The fourth-order valence-electron chi connectivity index (χ4n) is 2.96. The molecule has 1 aromatic rings. The summed E-state index contributed by atoms with van der Waals surface area (Å²) in [6, 6.07) is 0.591. The molecule has 0 aromatic carbocycles. The van der Waals surface area contributed by atoms with Gasteiger partial charge in [0.1, 0.15) is 0 Å². The van der Waals surface area contributed by atoms with Crippen molar-refractivity contribution in [2.75, 3.05) is 11.9 Å². The average Bonchev–Trinajstić information content (AvgIpc) is 2.80. The van der Waals surface area contributed by atoms with E-state index in [-0.39, 0.29) is 5.78 Å². The molecule has 106 valence electrons. The van der Waals surface area contributed by atoms with Gasteiger partial charge in [0, 0.05) is 20.0 Å². The maximum Gasteiger partial charge on any atom is 0.186 e. The van der Waals surface area contributed by atoms with Crippen LogP contribution in [0.15, 0.2) is 0 Å². The first-order valence-electron chi connectivity index (χ1n) is 7.24. The van der Waals surface area contributed by atoms with Crippen molar-refractivity contribution >= 4 is 22.3 Å². The number of hydrogen-bond donors (Lipinski definition) is 0. The minimum Gasteiger partial charge on any atom is -0.348 e. The molecule has 0 N–H and O–H groups in total. The van der Waals surface area contributed by atoms with Gasteiger partial charge in [0.25, 0.3) is 0 Å². The van der Waals surface area contributed by atoms with Crippen molar-refractivity contribution in [3.05, 3.63) is 10.6 Å². The molecule has 0 spiro atoms. The number of hydrogen-bond acceptors (Lipinski definition) is 4. The second-order valence-corrected chi connectivity index (χ2v) is 6.64. The Labute approximate surface area is 120 Å². The maximum absolute atomic E-state index is 11.5. The van der Waals surface area contributed by atoms with Crippen molar-refractivity contribution < 1.29 is 4.79 Å². The molecule has 3 nitrogen and oxygen atoms in total. The molecule has 1 aromatic heterocycles. The molecule has 0 radical (unpaired) electrons. The lowest BCUT2D eigenvalue weighted by Gasteiger charge is -2.34. The van der Waals surface area contributed by atoms with Crippen LogP contribution in [-0.4, -0.2) is 23.9 Å². The number of nitrogens with zero attached hydrogens (tertiary/aromatic N) is 2. The highest BCUT2D eigenvalue weighted by Crippen LogP contribution is 2.33. The third kappa shape index (κ3) is 3.16. The SMILES string of the molecule is CCC1CCC(N(C)c2nc(C)c(C(C)=O)s2)CC1. The molecule has 0 unspecified atom stereocenters. The Morgan fingerprint density at radius 2 is 2.00 bits per heavy atom. The van der Waals surface area contributed by atoms with Crippen molar-refractivity contribution in [1.82, 2.24) is 4.98 Å². The minimum atomic E-state index is 0.129. The van der Waals surface area contributed by atoms with Gasteiger partial charge in [-0.25, -0.2) is 4.98 Å². The Balaban J connectivity index is 2.06. The Hall–Kier alpha value is -0.900. The summed E-state index contributed by atoms with van der Waals surface area (Å²) in [5.74, 6) is 1.04. The largest absolute Gasteiger partial charge is 0.348 e. The van der Waals surface area contributed by atoms with Gasteiger partial charge in [-0.3, -0.25) is 4.79 Å². The van der Waals surface area contributed by atoms with E-state index in [1.807, 2.05) is 6.92 Å². The van der Waals surface area contributed by atoms with Crippen LogP contribution >= 0.6 is 11.3 Å². The van der Waals surface area contributed by atoms with Crippen LogP contribution in [0.2, 0.25) is 0 Å². The van der Waals surface area contributed by atoms with Gasteiger partial charge in [-0.05, 0) is 38.5 Å².